The van der Waals surface area contributed by atoms with Gasteiger partial charge in [0.15, 0.2) is 5.76 Å². The Hall–Kier alpha value is -2.07. The third kappa shape index (κ3) is 3.75. The first-order chi connectivity index (χ1) is 13.4. The molecule has 4 rings (SSSR count). The number of thiazole rings is 1. The Balaban J connectivity index is 1.39. The number of aryl methyl sites for hydroxylation is 2. The predicted molar refractivity (Wildman–Crippen MR) is 108 cm³/mol. The Morgan fingerprint density at radius 2 is 1.82 bits per heavy atom. The van der Waals surface area contributed by atoms with Crippen LogP contribution in [0.15, 0.2) is 45.1 Å². The van der Waals surface area contributed by atoms with Gasteiger partial charge >= 0.3 is 0 Å². The molecule has 0 saturated carbocycles. The van der Waals surface area contributed by atoms with Crippen LogP contribution in [0.5, 0.6) is 0 Å². The summed E-state index contributed by atoms with van der Waals surface area (Å²) in [6, 6.07) is 10.1. The molecule has 0 aliphatic carbocycles. The van der Waals surface area contributed by atoms with E-state index in [1.165, 1.54) is 4.31 Å². The third-order valence-corrected chi connectivity index (χ3v) is 7.94. The molecular formula is C19H22N4O3S2. The molecule has 1 saturated heterocycles. The number of nitrogens with zero attached hydrogens (tertiary/aromatic N) is 4. The van der Waals surface area contributed by atoms with E-state index in [2.05, 4.69) is 27.6 Å². The number of sulfonamides is 1. The van der Waals surface area contributed by atoms with Crippen molar-refractivity contribution < 1.29 is 12.9 Å². The quantitative estimate of drug-likeness (QED) is 0.634. The van der Waals surface area contributed by atoms with Gasteiger partial charge in [0.1, 0.15) is 15.6 Å². The predicted octanol–water partition coefficient (Wildman–Crippen LogP) is 2.92. The van der Waals surface area contributed by atoms with Crippen molar-refractivity contribution in [3.8, 4) is 10.6 Å². The molecule has 148 valence electrons. The molecule has 3 aromatic rings. The molecule has 9 heteroatoms. The van der Waals surface area contributed by atoms with E-state index in [4.69, 9.17) is 9.51 Å². The summed E-state index contributed by atoms with van der Waals surface area (Å²) in [5.41, 5.74) is 2.55. The lowest BCUT2D eigenvalue weighted by molar-refractivity contribution is 0.180. The van der Waals surface area contributed by atoms with Crippen LogP contribution in [-0.4, -0.2) is 53.9 Å². The molecule has 2 aromatic heterocycles. The second kappa shape index (κ2) is 7.75. The summed E-state index contributed by atoms with van der Waals surface area (Å²) in [5, 5.41) is 6.87. The highest BCUT2D eigenvalue weighted by Crippen LogP contribution is 2.26. The maximum atomic E-state index is 12.9. The van der Waals surface area contributed by atoms with Crippen LogP contribution in [0.25, 0.3) is 10.6 Å². The highest BCUT2D eigenvalue weighted by atomic mass is 32.2. The molecule has 0 unspecified atom stereocenters. The van der Waals surface area contributed by atoms with E-state index in [0.717, 1.165) is 22.8 Å². The lowest BCUT2D eigenvalue weighted by atomic mass is 10.2. The van der Waals surface area contributed by atoms with E-state index >= 15 is 0 Å². The number of hydrogen-bond acceptors (Lipinski definition) is 7. The first-order valence-corrected chi connectivity index (χ1v) is 11.4. The molecule has 1 fully saturated rings. The molecule has 0 spiro atoms. The fraction of sp³-hybridized carbons (Fsp3) is 0.368. The van der Waals surface area contributed by atoms with E-state index in [9.17, 15) is 8.42 Å². The molecule has 1 aliphatic heterocycles. The summed E-state index contributed by atoms with van der Waals surface area (Å²) in [5.74, 6) is 0.343. The van der Waals surface area contributed by atoms with Crippen LogP contribution in [0.3, 0.4) is 0 Å². The molecule has 0 amide bonds. The van der Waals surface area contributed by atoms with Crippen LogP contribution in [0.1, 0.15) is 17.1 Å². The minimum atomic E-state index is -3.57. The molecule has 0 bridgehead atoms. The summed E-state index contributed by atoms with van der Waals surface area (Å²) in [7, 11) is -3.57. The van der Waals surface area contributed by atoms with Gasteiger partial charge in [-0.05, 0) is 13.8 Å². The molecule has 7 nitrogen and oxygen atoms in total. The zero-order chi connectivity index (χ0) is 19.7. The van der Waals surface area contributed by atoms with Gasteiger partial charge in [-0.3, -0.25) is 4.90 Å². The van der Waals surface area contributed by atoms with Gasteiger partial charge in [-0.2, -0.15) is 4.31 Å². The van der Waals surface area contributed by atoms with E-state index in [1.54, 1.807) is 25.2 Å². The minimum Gasteiger partial charge on any atom is -0.360 e. The van der Waals surface area contributed by atoms with Crippen molar-refractivity contribution >= 4 is 21.4 Å². The van der Waals surface area contributed by atoms with Crippen LogP contribution in [0.2, 0.25) is 0 Å². The van der Waals surface area contributed by atoms with Crippen LogP contribution >= 0.6 is 11.3 Å². The summed E-state index contributed by atoms with van der Waals surface area (Å²) >= 11 is 1.64. The molecule has 1 aliphatic rings. The van der Waals surface area contributed by atoms with Crippen molar-refractivity contribution in [1.82, 2.24) is 19.3 Å². The number of benzene rings is 1. The number of hydrogen-bond donors (Lipinski definition) is 0. The van der Waals surface area contributed by atoms with Crippen LogP contribution < -0.4 is 0 Å². The second-order valence-corrected chi connectivity index (χ2v) is 9.58. The van der Waals surface area contributed by atoms with Crippen molar-refractivity contribution in [2.75, 3.05) is 26.2 Å². The smallest absolute Gasteiger partial charge is 0.248 e. The number of aromatic nitrogens is 2. The molecule has 0 atom stereocenters. The Labute approximate surface area is 168 Å². The van der Waals surface area contributed by atoms with E-state index < -0.39 is 10.0 Å². The average molecular weight is 419 g/mol. The Morgan fingerprint density at radius 1 is 1.11 bits per heavy atom. The Bertz CT molecular complexity index is 1030. The van der Waals surface area contributed by atoms with Crippen molar-refractivity contribution in [1.29, 1.82) is 0 Å². The van der Waals surface area contributed by atoms with Gasteiger partial charge in [-0.15, -0.1) is 11.3 Å². The average Bonchev–Trinajstić information content (AvgIpc) is 3.29. The fourth-order valence-corrected chi connectivity index (χ4v) is 5.95. The first kappa shape index (κ1) is 19.3. The molecule has 0 N–H and O–H groups in total. The number of rotatable bonds is 5. The van der Waals surface area contributed by atoms with Gasteiger partial charge in [-0.25, -0.2) is 13.4 Å². The minimum absolute atomic E-state index is 0.202. The summed E-state index contributed by atoms with van der Waals surface area (Å²) in [6.45, 7) is 6.25. The van der Waals surface area contributed by atoms with Crippen LogP contribution in [0.4, 0.5) is 0 Å². The van der Waals surface area contributed by atoms with Crippen LogP contribution in [0, 0.1) is 13.8 Å². The highest BCUT2D eigenvalue weighted by molar-refractivity contribution is 7.89. The third-order valence-electron chi connectivity index (χ3n) is 4.86. The molecule has 0 radical (unpaired) electrons. The number of piperazine rings is 1. The topological polar surface area (TPSA) is 79.5 Å². The lowest BCUT2D eigenvalue weighted by Crippen LogP contribution is -2.48. The Morgan fingerprint density at radius 3 is 2.46 bits per heavy atom. The second-order valence-electron chi connectivity index (χ2n) is 6.84. The molecule has 28 heavy (non-hydrogen) atoms. The molecule has 1 aromatic carbocycles. The SMILES string of the molecule is Cc1noc(C)c1S(=O)(=O)N1CCN(Cc2csc(-c3ccccc3)n2)CC1. The standard InChI is InChI=1S/C19H22N4O3S2/c1-14-18(15(2)26-21-14)28(24,25)23-10-8-22(9-11-23)12-17-13-27-19(20-17)16-6-4-3-5-7-16/h3-7,13H,8-12H2,1-2H3. The van der Waals surface area contributed by atoms with Crippen molar-refractivity contribution in [3.05, 3.63) is 52.9 Å². The summed E-state index contributed by atoms with van der Waals surface area (Å²) < 4.78 is 32.4. The van der Waals surface area contributed by atoms with Crippen molar-refractivity contribution in [2.45, 2.75) is 25.3 Å². The van der Waals surface area contributed by atoms with E-state index in [0.29, 0.717) is 37.6 Å². The van der Waals surface area contributed by atoms with Gasteiger partial charge in [-0.1, -0.05) is 35.5 Å². The zero-order valence-electron chi connectivity index (χ0n) is 15.8. The lowest BCUT2D eigenvalue weighted by Gasteiger charge is -2.33. The summed E-state index contributed by atoms with van der Waals surface area (Å²) in [6.07, 6.45) is 0. The van der Waals surface area contributed by atoms with Crippen molar-refractivity contribution in [2.24, 2.45) is 0 Å². The van der Waals surface area contributed by atoms with Gasteiger partial charge in [0.2, 0.25) is 10.0 Å². The van der Waals surface area contributed by atoms with E-state index in [1.807, 2.05) is 18.2 Å². The van der Waals surface area contributed by atoms with E-state index in [-0.39, 0.29) is 4.90 Å². The molecule has 3 heterocycles. The summed E-state index contributed by atoms with van der Waals surface area (Å²) in [4.78, 5) is 7.17. The highest BCUT2D eigenvalue weighted by Gasteiger charge is 2.33. The maximum absolute atomic E-state index is 12.9. The zero-order valence-corrected chi connectivity index (χ0v) is 17.5. The van der Waals surface area contributed by atoms with Crippen LogP contribution in [-0.2, 0) is 16.6 Å². The monoisotopic (exact) mass is 418 g/mol. The Kier molecular flexibility index (Phi) is 5.33. The fourth-order valence-electron chi connectivity index (χ4n) is 3.42. The van der Waals surface area contributed by atoms with Gasteiger partial charge in [0, 0.05) is 43.7 Å². The van der Waals surface area contributed by atoms with Gasteiger partial charge in [0.05, 0.1) is 5.69 Å². The maximum Gasteiger partial charge on any atom is 0.248 e. The van der Waals surface area contributed by atoms with Gasteiger partial charge in [0.25, 0.3) is 0 Å². The normalized spacial score (nSPS) is 16.5. The largest absolute Gasteiger partial charge is 0.360 e. The first-order valence-electron chi connectivity index (χ1n) is 9.10. The molecular weight excluding hydrogens is 396 g/mol. The van der Waals surface area contributed by atoms with Gasteiger partial charge < -0.3 is 4.52 Å². The van der Waals surface area contributed by atoms with Crippen molar-refractivity contribution in [3.63, 3.8) is 0 Å².